The molecule has 0 spiro atoms. The van der Waals surface area contributed by atoms with Gasteiger partial charge in [-0.05, 0) is 17.7 Å². The van der Waals surface area contributed by atoms with Crippen molar-refractivity contribution in [2.45, 2.75) is 6.42 Å². The number of hydrogen-bond acceptors (Lipinski definition) is 2. The Morgan fingerprint density at radius 1 is 1.62 bits per heavy atom. The number of carboxylic acid groups (broad SMARTS) is 1. The Bertz CT molecular complexity index is 354. The summed E-state index contributed by atoms with van der Waals surface area (Å²) in [5, 5.41) is 8.87. The van der Waals surface area contributed by atoms with Crippen LogP contribution in [0.1, 0.15) is 5.56 Å². The van der Waals surface area contributed by atoms with Gasteiger partial charge in [0.05, 0.1) is 17.1 Å². The van der Waals surface area contributed by atoms with Crippen molar-refractivity contribution < 1.29 is 9.90 Å². The van der Waals surface area contributed by atoms with E-state index in [0.29, 0.717) is 16.3 Å². The highest BCUT2D eigenvalue weighted by Gasteiger charge is 2.09. The quantitative estimate of drug-likeness (QED) is 0.806. The second kappa shape index (κ2) is 3.98. The van der Waals surface area contributed by atoms with Crippen LogP contribution < -0.4 is 5.73 Å². The van der Waals surface area contributed by atoms with Gasteiger partial charge in [0.1, 0.15) is 0 Å². The second-order valence-corrected chi connectivity index (χ2v) is 3.83. The Hall–Kier alpha value is -0.740. The van der Waals surface area contributed by atoms with Gasteiger partial charge in [0, 0.05) is 4.47 Å². The van der Waals surface area contributed by atoms with Crippen LogP contribution in [-0.4, -0.2) is 11.1 Å². The normalized spacial score (nSPS) is 10.0. The van der Waals surface area contributed by atoms with E-state index in [9.17, 15) is 4.79 Å². The summed E-state index contributed by atoms with van der Waals surface area (Å²) in [4.78, 5) is 10.4. The molecule has 0 fully saturated rings. The summed E-state index contributed by atoms with van der Waals surface area (Å²) in [7, 11) is 0. The molecule has 0 radical (unpaired) electrons. The third-order valence-corrected chi connectivity index (χ3v) is 2.40. The van der Waals surface area contributed by atoms with Gasteiger partial charge in [-0.1, -0.05) is 27.5 Å². The molecule has 0 atom stereocenters. The van der Waals surface area contributed by atoms with Crippen LogP contribution in [0.5, 0.6) is 0 Å². The SMILES string of the molecule is Nc1cc(Br)cc(CC(=O)O)c1Cl. The molecule has 1 aromatic carbocycles. The maximum Gasteiger partial charge on any atom is 0.307 e. The zero-order valence-electron chi connectivity index (χ0n) is 6.55. The van der Waals surface area contributed by atoms with Crippen LogP contribution in [0.25, 0.3) is 0 Å². The van der Waals surface area contributed by atoms with Gasteiger partial charge in [0.2, 0.25) is 0 Å². The minimum absolute atomic E-state index is 0.123. The number of rotatable bonds is 2. The number of aliphatic carboxylic acids is 1. The molecule has 0 bridgehead atoms. The minimum atomic E-state index is -0.931. The average Bonchev–Trinajstić information content (AvgIpc) is 1.98. The molecule has 0 aliphatic heterocycles. The number of nitrogens with two attached hydrogens (primary N) is 1. The number of halogens is 2. The Labute approximate surface area is 88.6 Å². The van der Waals surface area contributed by atoms with E-state index >= 15 is 0 Å². The summed E-state index contributed by atoms with van der Waals surface area (Å²) in [6.45, 7) is 0. The highest BCUT2D eigenvalue weighted by Crippen LogP contribution is 2.28. The highest BCUT2D eigenvalue weighted by atomic mass is 79.9. The summed E-state index contributed by atoms with van der Waals surface area (Å²) in [5.41, 5.74) is 6.44. The molecule has 1 rings (SSSR count). The lowest BCUT2D eigenvalue weighted by atomic mass is 10.1. The lowest BCUT2D eigenvalue weighted by Gasteiger charge is -2.05. The fourth-order valence-electron chi connectivity index (χ4n) is 0.960. The van der Waals surface area contributed by atoms with Crippen LogP contribution in [-0.2, 0) is 11.2 Å². The molecule has 0 saturated heterocycles. The fourth-order valence-corrected chi connectivity index (χ4v) is 1.66. The van der Waals surface area contributed by atoms with E-state index in [1.807, 2.05) is 0 Å². The summed E-state index contributed by atoms with van der Waals surface area (Å²) >= 11 is 9.01. The van der Waals surface area contributed by atoms with Gasteiger partial charge < -0.3 is 10.8 Å². The highest BCUT2D eigenvalue weighted by molar-refractivity contribution is 9.10. The molecule has 70 valence electrons. The third kappa shape index (κ3) is 2.60. The first-order chi connectivity index (χ1) is 6.00. The molecule has 0 aliphatic rings. The predicted octanol–water partition coefficient (Wildman–Crippen LogP) is 2.31. The molecule has 1 aromatic rings. The topological polar surface area (TPSA) is 63.3 Å². The van der Waals surface area contributed by atoms with Crippen LogP contribution in [0, 0.1) is 0 Å². The van der Waals surface area contributed by atoms with Gasteiger partial charge in [0.15, 0.2) is 0 Å². The first-order valence-electron chi connectivity index (χ1n) is 3.46. The van der Waals surface area contributed by atoms with Crippen molar-refractivity contribution in [3.05, 3.63) is 27.2 Å². The molecule has 0 saturated carbocycles. The summed E-state index contributed by atoms with van der Waals surface area (Å²) in [5.74, 6) is -0.931. The summed E-state index contributed by atoms with van der Waals surface area (Å²) < 4.78 is 0.727. The minimum Gasteiger partial charge on any atom is -0.481 e. The molecule has 3 N–H and O–H groups in total. The Balaban J connectivity index is 3.12. The Morgan fingerprint density at radius 3 is 2.77 bits per heavy atom. The van der Waals surface area contributed by atoms with Crippen LogP contribution >= 0.6 is 27.5 Å². The van der Waals surface area contributed by atoms with Gasteiger partial charge in [0.25, 0.3) is 0 Å². The van der Waals surface area contributed by atoms with Gasteiger partial charge in [-0.25, -0.2) is 0 Å². The number of carbonyl (C=O) groups is 1. The van der Waals surface area contributed by atoms with Crippen molar-refractivity contribution in [1.82, 2.24) is 0 Å². The van der Waals surface area contributed by atoms with E-state index < -0.39 is 5.97 Å². The van der Waals surface area contributed by atoms with Gasteiger partial charge in [-0.15, -0.1) is 0 Å². The largest absolute Gasteiger partial charge is 0.481 e. The van der Waals surface area contributed by atoms with E-state index in [-0.39, 0.29) is 6.42 Å². The molecule has 0 unspecified atom stereocenters. The third-order valence-electron chi connectivity index (χ3n) is 1.48. The lowest BCUT2D eigenvalue weighted by Crippen LogP contribution is -2.02. The van der Waals surface area contributed by atoms with Gasteiger partial charge >= 0.3 is 5.97 Å². The predicted molar refractivity (Wildman–Crippen MR) is 54.9 cm³/mol. The monoisotopic (exact) mass is 263 g/mol. The maximum absolute atomic E-state index is 10.4. The van der Waals surface area contributed by atoms with Gasteiger partial charge in [-0.3, -0.25) is 4.79 Å². The molecule has 13 heavy (non-hydrogen) atoms. The van der Waals surface area contributed by atoms with Crippen LogP contribution in [0.4, 0.5) is 5.69 Å². The molecule has 3 nitrogen and oxygen atoms in total. The molecular formula is C8H7BrClNO2. The second-order valence-electron chi connectivity index (χ2n) is 2.54. The molecular weight excluding hydrogens is 257 g/mol. The zero-order chi connectivity index (χ0) is 10.0. The van der Waals surface area contributed by atoms with Crippen molar-refractivity contribution in [1.29, 1.82) is 0 Å². The van der Waals surface area contributed by atoms with E-state index in [4.69, 9.17) is 22.4 Å². The van der Waals surface area contributed by atoms with Crippen LogP contribution in [0.2, 0.25) is 5.02 Å². The molecule has 0 amide bonds. The van der Waals surface area contributed by atoms with Crippen molar-refractivity contribution in [3.63, 3.8) is 0 Å². The van der Waals surface area contributed by atoms with E-state index in [1.165, 1.54) is 0 Å². The zero-order valence-corrected chi connectivity index (χ0v) is 8.89. The van der Waals surface area contributed by atoms with E-state index in [0.717, 1.165) is 4.47 Å². The molecule has 0 aromatic heterocycles. The molecule has 0 heterocycles. The van der Waals surface area contributed by atoms with E-state index in [1.54, 1.807) is 12.1 Å². The number of hydrogen-bond donors (Lipinski definition) is 2. The van der Waals surface area contributed by atoms with Gasteiger partial charge in [-0.2, -0.15) is 0 Å². The van der Waals surface area contributed by atoms with Crippen molar-refractivity contribution in [2.75, 3.05) is 5.73 Å². The smallest absolute Gasteiger partial charge is 0.307 e. The molecule has 5 heteroatoms. The van der Waals surface area contributed by atoms with Crippen LogP contribution in [0.15, 0.2) is 16.6 Å². The molecule has 0 aliphatic carbocycles. The van der Waals surface area contributed by atoms with Crippen molar-refractivity contribution in [3.8, 4) is 0 Å². The summed E-state index contributed by atoms with van der Waals surface area (Å²) in [6, 6.07) is 3.28. The van der Waals surface area contributed by atoms with Crippen molar-refractivity contribution in [2.24, 2.45) is 0 Å². The number of nitrogen functional groups attached to an aromatic ring is 1. The summed E-state index contributed by atoms with van der Waals surface area (Å²) in [6.07, 6.45) is -0.123. The number of carboxylic acids is 1. The van der Waals surface area contributed by atoms with Crippen molar-refractivity contribution >= 4 is 39.2 Å². The fraction of sp³-hybridized carbons (Fsp3) is 0.125. The Kier molecular flexibility index (Phi) is 3.17. The lowest BCUT2D eigenvalue weighted by molar-refractivity contribution is -0.136. The van der Waals surface area contributed by atoms with Crippen LogP contribution in [0.3, 0.4) is 0 Å². The average molecular weight is 265 g/mol. The first-order valence-corrected chi connectivity index (χ1v) is 4.63. The standard InChI is InChI=1S/C8H7BrClNO2/c9-5-1-4(2-7(12)13)8(10)6(11)3-5/h1,3H,2,11H2,(H,12,13). The number of anilines is 1. The maximum atomic E-state index is 10.4. The Morgan fingerprint density at radius 2 is 2.23 bits per heavy atom. The first kappa shape index (κ1) is 10.3. The number of benzene rings is 1. The van der Waals surface area contributed by atoms with E-state index in [2.05, 4.69) is 15.9 Å².